The summed E-state index contributed by atoms with van der Waals surface area (Å²) >= 11 is 0. The van der Waals surface area contributed by atoms with E-state index in [0.29, 0.717) is 26.2 Å². The van der Waals surface area contributed by atoms with Gasteiger partial charge >= 0.3 is 0 Å². The van der Waals surface area contributed by atoms with Gasteiger partial charge < -0.3 is 19.3 Å². The number of ether oxygens (including phenoxy) is 2. The van der Waals surface area contributed by atoms with Crippen molar-refractivity contribution in [3.63, 3.8) is 0 Å². The van der Waals surface area contributed by atoms with Crippen molar-refractivity contribution in [1.29, 1.82) is 0 Å². The number of hydrogen-bond acceptors (Lipinski definition) is 4. The summed E-state index contributed by atoms with van der Waals surface area (Å²) in [5.41, 5.74) is 1.15. The molecule has 0 saturated carbocycles. The van der Waals surface area contributed by atoms with Crippen molar-refractivity contribution in [2.24, 2.45) is 0 Å². The lowest BCUT2D eigenvalue weighted by Gasteiger charge is -2.43. The first-order valence-corrected chi connectivity index (χ1v) is 10.7. The SMILES string of the molecule is O=C(CCOc1ccccc1)N1CCO[C@@H](CN2CCCC2)[C@@H]1c1ccccc1. The predicted molar refractivity (Wildman–Crippen MR) is 113 cm³/mol. The van der Waals surface area contributed by atoms with Crippen molar-refractivity contribution < 1.29 is 14.3 Å². The average molecular weight is 395 g/mol. The van der Waals surface area contributed by atoms with Gasteiger partial charge in [0, 0.05) is 13.1 Å². The van der Waals surface area contributed by atoms with Gasteiger partial charge in [-0.05, 0) is 43.6 Å². The number of nitrogens with zero attached hydrogens (tertiary/aromatic N) is 2. The molecule has 2 aliphatic rings. The lowest BCUT2D eigenvalue weighted by Crippen LogP contribution is -2.51. The molecule has 0 spiro atoms. The van der Waals surface area contributed by atoms with Gasteiger partial charge in [-0.2, -0.15) is 0 Å². The van der Waals surface area contributed by atoms with Crippen LogP contribution >= 0.6 is 0 Å². The molecule has 0 unspecified atom stereocenters. The fourth-order valence-electron chi connectivity index (χ4n) is 4.35. The Morgan fingerprint density at radius 1 is 0.966 bits per heavy atom. The molecule has 2 aliphatic heterocycles. The van der Waals surface area contributed by atoms with Crippen LogP contribution in [-0.2, 0) is 9.53 Å². The van der Waals surface area contributed by atoms with E-state index in [-0.39, 0.29) is 18.1 Å². The second-order valence-electron chi connectivity index (χ2n) is 7.77. The minimum Gasteiger partial charge on any atom is -0.493 e. The maximum absolute atomic E-state index is 13.1. The van der Waals surface area contributed by atoms with Crippen molar-refractivity contribution in [2.45, 2.75) is 31.4 Å². The fourth-order valence-corrected chi connectivity index (χ4v) is 4.35. The fraction of sp³-hybridized carbons (Fsp3) is 0.458. The van der Waals surface area contributed by atoms with Crippen LogP contribution in [0.2, 0.25) is 0 Å². The van der Waals surface area contributed by atoms with Crippen LogP contribution in [0.3, 0.4) is 0 Å². The molecule has 4 rings (SSSR count). The zero-order valence-corrected chi connectivity index (χ0v) is 16.9. The number of rotatable bonds is 7. The summed E-state index contributed by atoms with van der Waals surface area (Å²) in [5, 5.41) is 0. The Bertz CT molecular complexity index is 762. The highest BCUT2D eigenvalue weighted by Crippen LogP contribution is 2.31. The minimum absolute atomic E-state index is 0.00300. The molecule has 5 heteroatoms. The molecule has 2 fully saturated rings. The lowest BCUT2D eigenvalue weighted by molar-refractivity contribution is -0.148. The highest BCUT2D eigenvalue weighted by molar-refractivity contribution is 5.77. The van der Waals surface area contributed by atoms with Crippen LogP contribution in [0, 0.1) is 0 Å². The molecule has 0 radical (unpaired) electrons. The standard InChI is InChI=1S/C24H30N2O3/c27-23(13-17-28-21-11-5-2-6-12-21)26-16-18-29-22(19-25-14-7-8-15-25)24(26)20-9-3-1-4-10-20/h1-6,9-12,22,24H,7-8,13-19H2/t22-,24-/m0/s1. The van der Waals surface area contributed by atoms with Crippen LogP contribution in [0.1, 0.15) is 30.9 Å². The van der Waals surface area contributed by atoms with E-state index >= 15 is 0 Å². The molecule has 2 aromatic rings. The van der Waals surface area contributed by atoms with Crippen molar-refractivity contribution in [3.05, 3.63) is 66.2 Å². The van der Waals surface area contributed by atoms with Crippen LogP contribution in [0.25, 0.3) is 0 Å². The zero-order chi connectivity index (χ0) is 19.9. The Kier molecular flexibility index (Phi) is 6.80. The molecule has 0 bridgehead atoms. The molecule has 0 N–H and O–H groups in total. The molecule has 29 heavy (non-hydrogen) atoms. The number of morpholine rings is 1. The van der Waals surface area contributed by atoms with Crippen molar-refractivity contribution >= 4 is 5.91 Å². The number of para-hydroxylation sites is 1. The van der Waals surface area contributed by atoms with Gasteiger partial charge in [0.2, 0.25) is 5.91 Å². The Labute approximate surface area is 173 Å². The molecule has 5 nitrogen and oxygen atoms in total. The van der Waals surface area contributed by atoms with Crippen LogP contribution < -0.4 is 4.74 Å². The van der Waals surface area contributed by atoms with Gasteiger partial charge in [0.05, 0.1) is 31.8 Å². The number of likely N-dealkylation sites (tertiary alicyclic amines) is 1. The monoisotopic (exact) mass is 394 g/mol. The topological polar surface area (TPSA) is 42.0 Å². The summed E-state index contributed by atoms with van der Waals surface area (Å²) in [6.45, 7) is 4.73. The lowest BCUT2D eigenvalue weighted by atomic mass is 9.97. The molecular formula is C24H30N2O3. The molecule has 2 saturated heterocycles. The Morgan fingerprint density at radius 3 is 2.38 bits per heavy atom. The van der Waals surface area contributed by atoms with Gasteiger partial charge in [0.1, 0.15) is 5.75 Å². The largest absolute Gasteiger partial charge is 0.493 e. The Morgan fingerprint density at radius 2 is 1.66 bits per heavy atom. The van der Waals surface area contributed by atoms with Gasteiger partial charge in [-0.3, -0.25) is 4.79 Å². The maximum Gasteiger partial charge on any atom is 0.226 e. The third-order valence-electron chi connectivity index (χ3n) is 5.78. The molecular weight excluding hydrogens is 364 g/mol. The van der Waals surface area contributed by atoms with Crippen LogP contribution in [0.4, 0.5) is 0 Å². The molecule has 1 amide bonds. The summed E-state index contributed by atoms with van der Waals surface area (Å²) < 4.78 is 12.0. The predicted octanol–water partition coefficient (Wildman–Crippen LogP) is 3.52. The first-order valence-electron chi connectivity index (χ1n) is 10.7. The first-order chi connectivity index (χ1) is 14.3. The summed E-state index contributed by atoms with van der Waals surface area (Å²) in [7, 11) is 0. The summed E-state index contributed by atoms with van der Waals surface area (Å²) in [5.74, 6) is 0.929. The smallest absolute Gasteiger partial charge is 0.226 e. The number of amides is 1. The summed E-state index contributed by atoms with van der Waals surface area (Å²) in [6.07, 6.45) is 2.88. The highest BCUT2D eigenvalue weighted by atomic mass is 16.5. The van der Waals surface area contributed by atoms with E-state index in [1.54, 1.807) is 0 Å². The van der Waals surface area contributed by atoms with E-state index < -0.39 is 0 Å². The molecule has 0 aromatic heterocycles. The molecule has 2 atom stereocenters. The third kappa shape index (κ3) is 5.17. The van der Waals surface area contributed by atoms with Gasteiger partial charge in [-0.15, -0.1) is 0 Å². The quantitative estimate of drug-likeness (QED) is 0.721. The number of carbonyl (C=O) groups excluding carboxylic acids is 1. The summed E-state index contributed by atoms with van der Waals surface area (Å²) in [4.78, 5) is 17.6. The number of hydrogen-bond donors (Lipinski definition) is 0. The summed E-state index contributed by atoms with van der Waals surface area (Å²) in [6, 6.07) is 19.9. The van der Waals surface area contributed by atoms with Crippen LogP contribution in [0.5, 0.6) is 5.75 Å². The second-order valence-corrected chi connectivity index (χ2v) is 7.77. The molecule has 2 heterocycles. The van der Waals surface area contributed by atoms with E-state index in [1.165, 1.54) is 12.8 Å². The van der Waals surface area contributed by atoms with E-state index in [1.807, 2.05) is 53.4 Å². The van der Waals surface area contributed by atoms with Gasteiger partial charge in [0.15, 0.2) is 0 Å². The van der Waals surface area contributed by atoms with Gasteiger partial charge in [0.25, 0.3) is 0 Å². The molecule has 0 aliphatic carbocycles. The van der Waals surface area contributed by atoms with E-state index in [0.717, 1.165) is 30.9 Å². The van der Waals surface area contributed by atoms with Crippen molar-refractivity contribution in [1.82, 2.24) is 9.80 Å². The van der Waals surface area contributed by atoms with Gasteiger partial charge in [-0.1, -0.05) is 48.5 Å². The maximum atomic E-state index is 13.1. The van der Waals surface area contributed by atoms with Gasteiger partial charge in [-0.25, -0.2) is 0 Å². The number of carbonyl (C=O) groups is 1. The highest BCUT2D eigenvalue weighted by Gasteiger charge is 2.37. The average Bonchev–Trinajstić information content (AvgIpc) is 3.28. The van der Waals surface area contributed by atoms with E-state index in [4.69, 9.17) is 9.47 Å². The van der Waals surface area contributed by atoms with Crippen LogP contribution in [0.15, 0.2) is 60.7 Å². The zero-order valence-electron chi connectivity index (χ0n) is 16.9. The van der Waals surface area contributed by atoms with Crippen LogP contribution in [-0.4, -0.2) is 61.2 Å². The molecule has 154 valence electrons. The second kappa shape index (κ2) is 9.90. The van der Waals surface area contributed by atoms with Crippen molar-refractivity contribution in [2.75, 3.05) is 39.4 Å². The van der Waals surface area contributed by atoms with Crippen molar-refractivity contribution in [3.8, 4) is 5.75 Å². The van der Waals surface area contributed by atoms with E-state index in [2.05, 4.69) is 17.0 Å². The Balaban J connectivity index is 1.44. The normalized spacial score (nSPS) is 22.6. The molecule has 2 aromatic carbocycles. The first kappa shape index (κ1) is 19.9. The third-order valence-corrected chi connectivity index (χ3v) is 5.78. The van der Waals surface area contributed by atoms with E-state index in [9.17, 15) is 4.79 Å². The number of benzene rings is 2. The Hall–Kier alpha value is -2.37. The minimum atomic E-state index is -0.0465.